The first-order valence-corrected chi connectivity index (χ1v) is 4.03. The van der Waals surface area contributed by atoms with Gasteiger partial charge in [-0.15, -0.1) is 0 Å². The second-order valence-corrected chi connectivity index (χ2v) is 3.02. The third-order valence-corrected chi connectivity index (χ3v) is 1.79. The zero-order valence-electron chi connectivity index (χ0n) is 8.54. The molecule has 0 saturated carbocycles. The van der Waals surface area contributed by atoms with Crippen LogP contribution in [0.2, 0.25) is 0 Å². The molecule has 0 aliphatic carbocycles. The molecule has 1 aromatic carbocycles. The Morgan fingerprint density at radius 3 is 3.08 bits per heavy atom. The highest BCUT2D eigenvalue weighted by atomic mass is 35.5. The number of halogens is 1. The summed E-state index contributed by atoms with van der Waals surface area (Å²) in [4.78, 5) is 10.7. The van der Waals surface area contributed by atoms with Crippen LogP contribution in [0.4, 0.5) is 0 Å². The van der Waals surface area contributed by atoms with Crippen molar-refractivity contribution in [2.45, 2.75) is 6.42 Å². The molecule has 0 amide bonds. The SMILES string of the molecule is [2H]C1([2H])Oc2ccc(CC(=O)Cl)cc2O1. The van der Waals surface area contributed by atoms with Crippen molar-refractivity contribution < 1.29 is 17.0 Å². The Bertz CT molecular complexity index is 420. The monoisotopic (exact) mass is 200 g/mol. The van der Waals surface area contributed by atoms with Crippen LogP contribution in [0.25, 0.3) is 0 Å². The number of carbonyl (C=O) groups is 1. The van der Waals surface area contributed by atoms with Gasteiger partial charge in [0.1, 0.15) is 2.74 Å². The van der Waals surface area contributed by atoms with Gasteiger partial charge in [0, 0.05) is 6.42 Å². The highest BCUT2D eigenvalue weighted by Crippen LogP contribution is 2.32. The second kappa shape index (κ2) is 3.26. The van der Waals surface area contributed by atoms with Gasteiger partial charge in [-0.25, -0.2) is 0 Å². The van der Waals surface area contributed by atoms with E-state index in [0.29, 0.717) is 11.3 Å². The Morgan fingerprint density at radius 2 is 2.31 bits per heavy atom. The molecule has 0 atom stereocenters. The van der Waals surface area contributed by atoms with Gasteiger partial charge in [0.2, 0.25) is 12.0 Å². The van der Waals surface area contributed by atoms with Crippen LogP contribution in [0, 0.1) is 0 Å². The molecule has 3 nitrogen and oxygen atoms in total. The van der Waals surface area contributed by atoms with Crippen LogP contribution in [0.3, 0.4) is 0 Å². The first-order valence-electron chi connectivity index (χ1n) is 4.65. The fourth-order valence-corrected chi connectivity index (χ4v) is 1.25. The Labute approximate surface area is 83.0 Å². The lowest BCUT2D eigenvalue weighted by molar-refractivity contribution is -0.111. The molecule has 0 radical (unpaired) electrons. The number of hydrogen-bond donors (Lipinski definition) is 0. The maximum atomic E-state index is 10.7. The lowest BCUT2D eigenvalue weighted by Crippen LogP contribution is -1.93. The normalized spacial score (nSPS) is 19.2. The van der Waals surface area contributed by atoms with E-state index in [1.165, 1.54) is 0 Å². The number of rotatable bonds is 2. The lowest BCUT2D eigenvalue weighted by atomic mass is 10.1. The average Bonchev–Trinajstić information content (AvgIpc) is 2.36. The van der Waals surface area contributed by atoms with E-state index >= 15 is 0 Å². The summed E-state index contributed by atoms with van der Waals surface area (Å²) in [5.41, 5.74) is 0.662. The lowest BCUT2D eigenvalue weighted by Gasteiger charge is -1.98. The van der Waals surface area contributed by atoms with Crippen molar-refractivity contribution in [3.05, 3.63) is 23.8 Å². The van der Waals surface area contributed by atoms with Crippen LogP contribution >= 0.6 is 11.6 Å². The Morgan fingerprint density at radius 1 is 1.54 bits per heavy atom. The summed E-state index contributed by atoms with van der Waals surface area (Å²) < 4.78 is 24.1. The number of fused-ring (bicyclic) bond motifs is 1. The quantitative estimate of drug-likeness (QED) is 0.682. The summed E-state index contributed by atoms with van der Waals surface area (Å²) in [6.45, 7) is -2.13. The molecule has 0 aromatic heterocycles. The minimum absolute atomic E-state index is 0.0845. The van der Waals surface area contributed by atoms with E-state index in [-0.39, 0.29) is 12.2 Å². The van der Waals surface area contributed by atoms with Crippen molar-refractivity contribution >= 4 is 16.8 Å². The van der Waals surface area contributed by atoms with E-state index in [1.54, 1.807) is 18.2 Å². The number of benzene rings is 1. The summed E-state index contributed by atoms with van der Waals surface area (Å²) >= 11 is 5.23. The van der Waals surface area contributed by atoms with Gasteiger partial charge in [-0.2, -0.15) is 0 Å². The van der Waals surface area contributed by atoms with E-state index in [9.17, 15) is 4.79 Å². The zero-order valence-corrected chi connectivity index (χ0v) is 7.30. The Balaban J connectivity index is 2.26. The predicted octanol–water partition coefficient (Wildman–Crippen LogP) is 1.72. The van der Waals surface area contributed by atoms with Gasteiger partial charge in [-0.3, -0.25) is 4.79 Å². The molecule has 0 spiro atoms. The molecular weight excluding hydrogens is 192 g/mol. The smallest absolute Gasteiger partial charge is 0.231 e. The van der Waals surface area contributed by atoms with Gasteiger partial charge in [-0.05, 0) is 29.3 Å². The van der Waals surface area contributed by atoms with Crippen LogP contribution < -0.4 is 9.47 Å². The first kappa shape index (κ1) is 6.27. The van der Waals surface area contributed by atoms with Crippen LogP contribution in [0.5, 0.6) is 11.5 Å². The number of hydrogen-bond acceptors (Lipinski definition) is 3. The molecule has 0 N–H and O–H groups in total. The van der Waals surface area contributed by atoms with Gasteiger partial charge in [-0.1, -0.05) is 6.07 Å². The molecule has 2 rings (SSSR count). The highest BCUT2D eigenvalue weighted by molar-refractivity contribution is 6.63. The molecule has 13 heavy (non-hydrogen) atoms. The van der Waals surface area contributed by atoms with Crippen LogP contribution in [-0.4, -0.2) is 12.0 Å². The topological polar surface area (TPSA) is 35.5 Å². The molecule has 4 heteroatoms. The zero-order chi connectivity index (χ0) is 11.1. The highest BCUT2D eigenvalue weighted by Gasteiger charge is 2.13. The largest absolute Gasteiger partial charge is 0.454 e. The molecule has 1 aliphatic heterocycles. The molecule has 68 valence electrons. The maximum Gasteiger partial charge on any atom is 0.231 e. The third-order valence-electron chi connectivity index (χ3n) is 1.65. The number of ether oxygens (including phenoxy) is 2. The minimum Gasteiger partial charge on any atom is -0.454 e. The standard InChI is InChI=1S/C9H7ClO3/c10-9(11)4-6-1-2-7-8(3-6)13-5-12-7/h1-3H,4-5H2/i5D2. The second-order valence-electron chi connectivity index (χ2n) is 2.60. The predicted molar refractivity (Wildman–Crippen MR) is 47.1 cm³/mol. The van der Waals surface area contributed by atoms with Crippen LogP contribution in [-0.2, 0) is 11.2 Å². The summed E-state index contributed by atoms with van der Waals surface area (Å²) in [5.74, 6) is 0.612. The van der Waals surface area contributed by atoms with Crippen molar-refractivity contribution in [2.24, 2.45) is 0 Å². The number of carbonyl (C=O) groups excluding carboxylic acids is 1. The van der Waals surface area contributed by atoms with E-state index < -0.39 is 12.0 Å². The minimum atomic E-state index is -2.13. The van der Waals surface area contributed by atoms with Crippen LogP contribution in [0.15, 0.2) is 18.2 Å². The average molecular weight is 201 g/mol. The molecule has 1 aromatic rings. The Hall–Kier alpha value is -1.22. The molecule has 1 heterocycles. The molecule has 0 bridgehead atoms. The molecule has 0 unspecified atom stereocenters. The fourth-order valence-electron chi connectivity index (χ4n) is 1.10. The van der Waals surface area contributed by atoms with Crippen LogP contribution in [0.1, 0.15) is 8.30 Å². The first-order chi connectivity index (χ1) is 6.96. The molecule has 0 fully saturated rings. The van der Waals surface area contributed by atoms with Crippen molar-refractivity contribution in [1.29, 1.82) is 0 Å². The molecule has 1 aliphatic rings. The van der Waals surface area contributed by atoms with Crippen molar-refractivity contribution in [1.82, 2.24) is 0 Å². The molecule has 0 saturated heterocycles. The third kappa shape index (κ3) is 1.75. The van der Waals surface area contributed by atoms with E-state index in [2.05, 4.69) is 0 Å². The summed E-state index contributed by atoms with van der Waals surface area (Å²) in [7, 11) is 0. The van der Waals surface area contributed by atoms with Gasteiger partial charge in [0.05, 0.1) is 0 Å². The van der Waals surface area contributed by atoms with Gasteiger partial charge in [0.25, 0.3) is 0 Å². The summed E-state index contributed by atoms with van der Waals surface area (Å²) in [5, 5.41) is -0.475. The van der Waals surface area contributed by atoms with Gasteiger partial charge < -0.3 is 9.47 Å². The molecular formula is C9H7ClO3. The van der Waals surface area contributed by atoms with E-state index in [0.717, 1.165) is 0 Å². The Kier molecular flexibility index (Phi) is 1.57. The summed E-state index contributed by atoms with van der Waals surface area (Å²) in [6.07, 6.45) is 0.0845. The maximum absolute atomic E-state index is 10.7. The van der Waals surface area contributed by atoms with E-state index in [4.69, 9.17) is 23.8 Å². The van der Waals surface area contributed by atoms with Gasteiger partial charge in [0.15, 0.2) is 11.5 Å². The van der Waals surface area contributed by atoms with E-state index in [1.807, 2.05) is 0 Å². The summed E-state index contributed by atoms with van der Waals surface area (Å²) in [6, 6.07) is 4.74. The van der Waals surface area contributed by atoms with Crippen molar-refractivity contribution in [3.63, 3.8) is 0 Å². The fraction of sp³-hybridized carbons (Fsp3) is 0.222. The van der Waals surface area contributed by atoms with Gasteiger partial charge >= 0.3 is 0 Å². The van der Waals surface area contributed by atoms with Crippen molar-refractivity contribution in [2.75, 3.05) is 6.75 Å². The van der Waals surface area contributed by atoms with Crippen molar-refractivity contribution in [3.8, 4) is 11.5 Å².